The highest BCUT2D eigenvalue weighted by molar-refractivity contribution is 5.96. The van der Waals surface area contributed by atoms with Gasteiger partial charge in [0.05, 0.1) is 7.11 Å². The lowest BCUT2D eigenvalue weighted by atomic mass is 10.0. The first-order valence-corrected chi connectivity index (χ1v) is 5.42. The van der Waals surface area contributed by atoms with E-state index in [2.05, 4.69) is 10.3 Å². The Morgan fingerprint density at radius 1 is 1.59 bits per heavy atom. The summed E-state index contributed by atoms with van der Waals surface area (Å²) in [4.78, 5) is 16.0. The molecular formula is C12H18N2O3. The Hall–Kier alpha value is -1.62. The first-order chi connectivity index (χ1) is 8.00. The molecule has 1 rings (SSSR count). The fourth-order valence-electron chi connectivity index (χ4n) is 1.44. The van der Waals surface area contributed by atoms with Crippen LogP contribution in [0.5, 0.6) is 5.88 Å². The number of aliphatic hydroxyl groups excluding tert-OH is 1. The minimum atomic E-state index is -0.466. The lowest BCUT2D eigenvalue weighted by Crippen LogP contribution is -2.44. The summed E-state index contributed by atoms with van der Waals surface area (Å²) in [5.74, 6) is 0.0400. The minimum absolute atomic E-state index is 0.0253. The van der Waals surface area contributed by atoms with E-state index in [0.717, 1.165) is 0 Å². The summed E-state index contributed by atoms with van der Waals surface area (Å²) in [5.41, 5.74) is -0.0758. The van der Waals surface area contributed by atoms with Crippen molar-refractivity contribution in [3.8, 4) is 5.88 Å². The summed E-state index contributed by atoms with van der Waals surface area (Å²) in [5, 5.41) is 11.7. The molecule has 1 amide bonds. The largest absolute Gasteiger partial charge is 0.480 e. The van der Waals surface area contributed by atoms with Crippen molar-refractivity contribution in [3.63, 3.8) is 0 Å². The number of hydrogen-bond donors (Lipinski definition) is 2. The van der Waals surface area contributed by atoms with Crippen LogP contribution in [0, 0.1) is 0 Å². The third-order valence-corrected chi connectivity index (χ3v) is 2.40. The van der Waals surface area contributed by atoms with Crippen LogP contribution >= 0.6 is 0 Å². The van der Waals surface area contributed by atoms with Gasteiger partial charge in [-0.25, -0.2) is 4.98 Å². The standard InChI is InChI=1S/C12H18N2O3/c1-12(2,6-8-15)14-10(16)9-5-4-7-13-11(9)17-3/h4-5,7,15H,6,8H2,1-3H3,(H,14,16). The van der Waals surface area contributed by atoms with Gasteiger partial charge in [-0.3, -0.25) is 4.79 Å². The van der Waals surface area contributed by atoms with E-state index in [1.54, 1.807) is 18.3 Å². The predicted octanol–water partition coefficient (Wildman–Crippen LogP) is 0.981. The molecule has 2 N–H and O–H groups in total. The van der Waals surface area contributed by atoms with Crippen molar-refractivity contribution < 1.29 is 14.6 Å². The number of carbonyl (C=O) groups excluding carboxylic acids is 1. The molecule has 0 aromatic carbocycles. The zero-order valence-electron chi connectivity index (χ0n) is 10.4. The second kappa shape index (κ2) is 5.63. The molecule has 1 aromatic rings. The number of aliphatic hydroxyl groups is 1. The van der Waals surface area contributed by atoms with Crippen molar-refractivity contribution in [2.45, 2.75) is 25.8 Å². The summed E-state index contributed by atoms with van der Waals surface area (Å²) >= 11 is 0. The van der Waals surface area contributed by atoms with Crippen LogP contribution < -0.4 is 10.1 Å². The third kappa shape index (κ3) is 3.71. The van der Waals surface area contributed by atoms with E-state index in [0.29, 0.717) is 17.9 Å². The Balaban J connectivity index is 2.83. The van der Waals surface area contributed by atoms with E-state index >= 15 is 0 Å². The first kappa shape index (κ1) is 13.4. The maximum Gasteiger partial charge on any atom is 0.257 e. The predicted molar refractivity (Wildman–Crippen MR) is 64.0 cm³/mol. The van der Waals surface area contributed by atoms with Crippen molar-refractivity contribution >= 4 is 5.91 Å². The number of rotatable bonds is 5. The average molecular weight is 238 g/mol. The number of pyridine rings is 1. The van der Waals surface area contributed by atoms with Gasteiger partial charge in [0, 0.05) is 18.3 Å². The molecule has 0 spiro atoms. The molecule has 0 aliphatic heterocycles. The van der Waals surface area contributed by atoms with Gasteiger partial charge in [-0.15, -0.1) is 0 Å². The molecule has 0 saturated heterocycles. The van der Waals surface area contributed by atoms with Gasteiger partial charge in [0.25, 0.3) is 5.91 Å². The number of ether oxygens (including phenoxy) is 1. The van der Waals surface area contributed by atoms with Crippen molar-refractivity contribution in [3.05, 3.63) is 23.9 Å². The van der Waals surface area contributed by atoms with Crippen molar-refractivity contribution in [1.82, 2.24) is 10.3 Å². The Kier molecular flexibility index (Phi) is 4.45. The summed E-state index contributed by atoms with van der Waals surface area (Å²) in [6, 6.07) is 3.33. The van der Waals surface area contributed by atoms with Crippen molar-refractivity contribution in [1.29, 1.82) is 0 Å². The maximum atomic E-state index is 12.0. The van der Waals surface area contributed by atoms with Crippen LogP contribution in [-0.2, 0) is 0 Å². The van der Waals surface area contributed by atoms with E-state index < -0.39 is 5.54 Å². The van der Waals surface area contributed by atoms with E-state index in [4.69, 9.17) is 9.84 Å². The zero-order valence-corrected chi connectivity index (χ0v) is 10.4. The van der Waals surface area contributed by atoms with Gasteiger partial charge in [-0.2, -0.15) is 0 Å². The van der Waals surface area contributed by atoms with E-state index in [1.807, 2.05) is 13.8 Å². The summed E-state index contributed by atoms with van der Waals surface area (Å²) in [7, 11) is 1.47. The van der Waals surface area contributed by atoms with E-state index in [-0.39, 0.29) is 12.5 Å². The average Bonchev–Trinajstić information content (AvgIpc) is 2.28. The molecule has 1 heterocycles. The van der Waals surface area contributed by atoms with Gasteiger partial charge < -0.3 is 15.2 Å². The molecule has 0 radical (unpaired) electrons. The highest BCUT2D eigenvalue weighted by atomic mass is 16.5. The molecule has 5 nitrogen and oxygen atoms in total. The molecule has 0 aliphatic rings. The van der Waals surface area contributed by atoms with Crippen LogP contribution in [-0.4, -0.2) is 35.3 Å². The van der Waals surface area contributed by atoms with Gasteiger partial charge >= 0.3 is 0 Å². The second-order valence-electron chi connectivity index (χ2n) is 4.37. The van der Waals surface area contributed by atoms with Gasteiger partial charge in [0.2, 0.25) is 5.88 Å². The molecule has 5 heteroatoms. The Labute approximate surface area is 101 Å². The fraction of sp³-hybridized carbons (Fsp3) is 0.500. The second-order valence-corrected chi connectivity index (χ2v) is 4.37. The summed E-state index contributed by atoms with van der Waals surface area (Å²) in [6.45, 7) is 3.73. The molecule has 0 bridgehead atoms. The number of nitrogens with one attached hydrogen (secondary N) is 1. The Morgan fingerprint density at radius 3 is 2.88 bits per heavy atom. The van der Waals surface area contributed by atoms with E-state index in [9.17, 15) is 4.79 Å². The maximum absolute atomic E-state index is 12.0. The van der Waals surface area contributed by atoms with Gasteiger partial charge in [-0.1, -0.05) is 0 Å². The van der Waals surface area contributed by atoms with Crippen molar-refractivity contribution in [2.24, 2.45) is 0 Å². The molecule has 0 aliphatic carbocycles. The molecule has 0 saturated carbocycles. The molecule has 0 fully saturated rings. The quantitative estimate of drug-likeness (QED) is 0.802. The summed E-state index contributed by atoms with van der Waals surface area (Å²) in [6.07, 6.45) is 2.05. The zero-order chi connectivity index (χ0) is 12.9. The monoisotopic (exact) mass is 238 g/mol. The fourth-order valence-corrected chi connectivity index (χ4v) is 1.44. The number of nitrogens with zero attached hydrogens (tertiary/aromatic N) is 1. The van der Waals surface area contributed by atoms with Crippen LogP contribution in [0.1, 0.15) is 30.6 Å². The minimum Gasteiger partial charge on any atom is -0.480 e. The smallest absolute Gasteiger partial charge is 0.257 e. The van der Waals surface area contributed by atoms with Crippen molar-refractivity contribution in [2.75, 3.05) is 13.7 Å². The number of aromatic nitrogens is 1. The highest BCUT2D eigenvalue weighted by Crippen LogP contribution is 2.16. The molecule has 0 unspecified atom stereocenters. The normalized spacial score (nSPS) is 11.1. The number of carbonyl (C=O) groups is 1. The Bertz CT molecular complexity index is 391. The highest BCUT2D eigenvalue weighted by Gasteiger charge is 2.22. The number of hydrogen-bond acceptors (Lipinski definition) is 4. The SMILES string of the molecule is COc1ncccc1C(=O)NC(C)(C)CCO. The molecule has 94 valence electrons. The van der Waals surface area contributed by atoms with Crippen LogP contribution in [0.15, 0.2) is 18.3 Å². The van der Waals surface area contributed by atoms with Crippen LogP contribution in [0.3, 0.4) is 0 Å². The molecule has 1 aromatic heterocycles. The van der Waals surface area contributed by atoms with Crippen LogP contribution in [0.4, 0.5) is 0 Å². The van der Waals surface area contributed by atoms with E-state index in [1.165, 1.54) is 7.11 Å². The number of amides is 1. The molecular weight excluding hydrogens is 220 g/mol. The lowest BCUT2D eigenvalue weighted by Gasteiger charge is -2.25. The van der Waals surface area contributed by atoms with Gasteiger partial charge in [0.15, 0.2) is 0 Å². The number of methoxy groups -OCH3 is 1. The molecule has 17 heavy (non-hydrogen) atoms. The topological polar surface area (TPSA) is 71.5 Å². The summed E-state index contributed by atoms with van der Waals surface area (Å²) < 4.78 is 5.02. The molecule has 0 atom stereocenters. The Morgan fingerprint density at radius 2 is 2.29 bits per heavy atom. The van der Waals surface area contributed by atoms with Gasteiger partial charge in [0.1, 0.15) is 5.56 Å². The van der Waals surface area contributed by atoms with Crippen LogP contribution in [0.25, 0.3) is 0 Å². The van der Waals surface area contributed by atoms with Gasteiger partial charge in [-0.05, 0) is 32.4 Å². The van der Waals surface area contributed by atoms with Crippen LogP contribution in [0.2, 0.25) is 0 Å². The third-order valence-electron chi connectivity index (χ3n) is 2.40. The first-order valence-electron chi connectivity index (χ1n) is 5.42. The lowest BCUT2D eigenvalue weighted by molar-refractivity contribution is 0.0895.